The lowest BCUT2D eigenvalue weighted by molar-refractivity contribution is 0.235. The molecule has 4 rings (SSSR count). The van der Waals surface area contributed by atoms with Crippen LogP contribution in [0.15, 0.2) is 29.1 Å². The van der Waals surface area contributed by atoms with Crippen molar-refractivity contribution in [2.45, 2.75) is 44.7 Å². The molecule has 0 spiro atoms. The van der Waals surface area contributed by atoms with E-state index in [1.807, 2.05) is 34.6 Å². The van der Waals surface area contributed by atoms with E-state index in [0.717, 1.165) is 55.4 Å². The molecule has 2 aromatic rings. The molecular weight excluding hydrogens is 395 g/mol. The van der Waals surface area contributed by atoms with Crippen LogP contribution >= 0.6 is 23.2 Å². The molecule has 5 nitrogen and oxygen atoms in total. The predicted molar refractivity (Wildman–Crippen MR) is 116 cm³/mol. The van der Waals surface area contributed by atoms with Crippen LogP contribution in [0.3, 0.4) is 0 Å². The highest BCUT2D eigenvalue weighted by molar-refractivity contribution is 6.33. The maximum atomic E-state index is 12.8. The van der Waals surface area contributed by atoms with E-state index in [1.54, 1.807) is 0 Å². The Morgan fingerprint density at radius 3 is 2.36 bits per heavy atom. The number of nitrogens with zero attached hydrogens (tertiary/aromatic N) is 4. The first kappa shape index (κ1) is 19.9. The second kappa shape index (κ2) is 8.52. The SMILES string of the molecule is Cn1c(CN2CCN(c3ccccc3Cl)CC2)c(Cl)c(=O)n1C1CCCCC1. The lowest BCUT2D eigenvalue weighted by Gasteiger charge is -2.36. The third-order valence-corrected chi connectivity index (χ3v) is 6.92. The molecule has 1 saturated carbocycles. The summed E-state index contributed by atoms with van der Waals surface area (Å²) < 4.78 is 3.91. The average molecular weight is 423 g/mol. The van der Waals surface area contributed by atoms with Crippen molar-refractivity contribution in [2.24, 2.45) is 7.05 Å². The van der Waals surface area contributed by atoms with Crippen molar-refractivity contribution < 1.29 is 0 Å². The van der Waals surface area contributed by atoms with Crippen LogP contribution in [0, 0.1) is 0 Å². The van der Waals surface area contributed by atoms with Crippen LogP contribution < -0.4 is 10.5 Å². The number of piperazine rings is 1. The Bertz CT molecular complexity index is 877. The molecule has 0 N–H and O–H groups in total. The van der Waals surface area contributed by atoms with E-state index in [4.69, 9.17) is 23.2 Å². The van der Waals surface area contributed by atoms with Crippen LogP contribution in [0.4, 0.5) is 5.69 Å². The van der Waals surface area contributed by atoms with Gasteiger partial charge in [-0.2, -0.15) is 0 Å². The first-order valence-electron chi connectivity index (χ1n) is 10.2. The zero-order valence-corrected chi connectivity index (χ0v) is 17.9. The maximum Gasteiger partial charge on any atom is 0.286 e. The number of hydrogen-bond acceptors (Lipinski definition) is 3. The molecule has 1 aliphatic carbocycles. The molecule has 1 aliphatic heterocycles. The van der Waals surface area contributed by atoms with Crippen molar-refractivity contribution in [3.63, 3.8) is 0 Å². The van der Waals surface area contributed by atoms with Crippen molar-refractivity contribution in [1.82, 2.24) is 14.3 Å². The Kier molecular flexibility index (Phi) is 6.04. The number of benzene rings is 1. The van der Waals surface area contributed by atoms with Gasteiger partial charge in [0.15, 0.2) is 0 Å². The van der Waals surface area contributed by atoms with Gasteiger partial charge in [-0.1, -0.05) is 54.6 Å². The summed E-state index contributed by atoms with van der Waals surface area (Å²) >= 11 is 12.8. The topological polar surface area (TPSA) is 33.4 Å². The van der Waals surface area contributed by atoms with Gasteiger partial charge in [0.05, 0.1) is 22.4 Å². The monoisotopic (exact) mass is 422 g/mol. The first-order chi connectivity index (χ1) is 13.6. The van der Waals surface area contributed by atoms with Gasteiger partial charge < -0.3 is 4.90 Å². The second-order valence-corrected chi connectivity index (χ2v) is 8.73. The summed E-state index contributed by atoms with van der Waals surface area (Å²) in [7, 11) is 1.98. The van der Waals surface area contributed by atoms with Gasteiger partial charge in [-0.25, -0.2) is 4.68 Å². The highest BCUT2D eigenvalue weighted by Crippen LogP contribution is 2.29. The van der Waals surface area contributed by atoms with Gasteiger partial charge in [0.2, 0.25) is 0 Å². The quantitative estimate of drug-likeness (QED) is 0.735. The molecular formula is C21H28Cl2N4O. The number of para-hydroxylation sites is 1. The van der Waals surface area contributed by atoms with E-state index in [9.17, 15) is 4.79 Å². The van der Waals surface area contributed by atoms with Crippen molar-refractivity contribution in [3.8, 4) is 0 Å². The van der Waals surface area contributed by atoms with Crippen LogP contribution in [0.2, 0.25) is 10.0 Å². The summed E-state index contributed by atoms with van der Waals surface area (Å²) in [5, 5.41) is 1.19. The Morgan fingerprint density at radius 1 is 1.00 bits per heavy atom. The fourth-order valence-corrected chi connectivity index (χ4v) is 5.13. The molecule has 2 aliphatic rings. The lowest BCUT2D eigenvalue weighted by Crippen LogP contribution is -2.46. The zero-order chi connectivity index (χ0) is 19.7. The molecule has 152 valence electrons. The third-order valence-electron chi connectivity index (χ3n) is 6.22. The van der Waals surface area contributed by atoms with E-state index >= 15 is 0 Å². The minimum absolute atomic E-state index is 0.0271. The van der Waals surface area contributed by atoms with E-state index in [1.165, 1.54) is 19.3 Å². The highest BCUT2D eigenvalue weighted by Gasteiger charge is 2.26. The molecule has 1 saturated heterocycles. The Labute approximate surface area is 176 Å². The Morgan fingerprint density at radius 2 is 1.68 bits per heavy atom. The number of anilines is 1. The van der Waals surface area contributed by atoms with Crippen molar-refractivity contribution in [2.75, 3.05) is 31.1 Å². The van der Waals surface area contributed by atoms with E-state index in [0.29, 0.717) is 11.6 Å². The molecule has 1 aromatic heterocycles. The van der Waals surface area contributed by atoms with Gasteiger partial charge in [-0.05, 0) is 25.0 Å². The van der Waals surface area contributed by atoms with Crippen molar-refractivity contribution in [1.29, 1.82) is 0 Å². The van der Waals surface area contributed by atoms with Crippen LogP contribution in [-0.4, -0.2) is 40.4 Å². The molecule has 0 amide bonds. The summed E-state index contributed by atoms with van der Waals surface area (Å²) in [6, 6.07) is 8.28. The lowest BCUT2D eigenvalue weighted by atomic mass is 9.96. The van der Waals surface area contributed by atoms with E-state index in [2.05, 4.69) is 15.9 Å². The molecule has 2 heterocycles. The van der Waals surface area contributed by atoms with Gasteiger partial charge in [-0.15, -0.1) is 0 Å². The normalized spacial score (nSPS) is 19.3. The molecule has 0 bridgehead atoms. The van der Waals surface area contributed by atoms with Gasteiger partial charge in [0, 0.05) is 39.8 Å². The van der Waals surface area contributed by atoms with Crippen molar-refractivity contribution >= 4 is 28.9 Å². The van der Waals surface area contributed by atoms with E-state index in [-0.39, 0.29) is 11.6 Å². The van der Waals surface area contributed by atoms with E-state index < -0.39 is 0 Å². The molecule has 28 heavy (non-hydrogen) atoms. The average Bonchev–Trinajstić information content (AvgIpc) is 2.93. The minimum atomic E-state index is -0.0271. The summed E-state index contributed by atoms with van der Waals surface area (Å²) in [5.41, 5.74) is 2.00. The smallest absolute Gasteiger partial charge is 0.286 e. The van der Waals surface area contributed by atoms with Crippen LogP contribution in [-0.2, 0) is 13.6 Å². The Balaban J connectivity index is 1.45. The van der Waals surface area contributed by atoms with Gasteiger partial charge in [0.25, 0.3) is 5.56 Å². The van der Waals surface area contributed by atoms with Crippen LogP contribution in [0.1, 0.15) is 43.8 Å². The number of hydrogen-bond donors (Lipinski definition) is 0. The van der Waals surface area contributed by atoms with Gasteiger partial charge in [0.1, 0.15) is 5.02 Å². The highest BCUT2D eigenvalue weighted by atomic mass is 35.5. The number of aromatic nitrogens is 2. The van der Waals surface area contributed by atoms with Crippen molar-refractivity contribution in [3.05, 3.63) is 50.4 Å². The molecule has 1 aromatic carbocycles. The number of rotatable bonds is 4. The summed E-state index contributed by atoms with van der Waals surface area (Å²) in [4.78, 5) is 17.5. The largest absolute Gasteiger partial charge is 0.368 e. The summed E-state index contributed by atoms with van der Waals surface area (Å²) in [6.07, 6.45) is 5.80. The minimum Gasteiger partial charge on any atom is -0.368 e. The second-order valence-electron chi connectivity index (χ2n) is 7.94. The molecule has 7 heteroatoms. The fourth-order valence-electron chi connectivity index (χ4n) is 4.61. The predicted octanol–water partition coefficient (Wildman–Crippen LogP) is 4.32. The first-order valence-corrected chi connectivity index (χ1v) is 11.0. The fraction of sp³-hybridized carbons (Fsp3) is 0.571. The molecule has 2 fully saturated rings. The molecule has 0 atom stereocenters. The standard InChI is InChI=1S/C21H28Cl2N4O/c1-24-19(20(23)21(28)27(24)16-7-3-2-4-8-16)15-25-11-13-26(14-12-25)18-10-6-5-9-17(18)22/h5-6,9-10,16H,2-4,7-8,11-15H2,1H3. The van der Waals surface area contributed by atoms with Gasteiger partial charge >= 0.3 is 0 Å². The summed E-state index contributed by atoms with van der Waals surface area (Å²) in [6.45, 7) is 4.38. The number of halogens is 2. The zero-order valence-electron chi connectivity index (χ0n) is 16.4. The third kappa shape index (κ3) is 3.85. The Hall–Kier alpha value is -1.43. The molecule has 0 radical (unpaired) electrons. The van der Waals surface area contributed by atoms with Crippen LogP contribution in [0.5, 0.6) is 0 Å². The molecule has 0 unspecified atom stereocenters. The van der Waals surface area contributed by atoms with Crippen LogP contribution in [0.25, 0.3) is 0 Å². The maximum absolute atomic E-state index is 12.8. The van der Waals surface area contributed by atoms with Gasteiger partial charge in [-0.3, -0.25) is 14.4 Å². The summed E-state index contributed by atoms with van der Waals surface area (Å²) in [5.74, 6) is 0.